The lowest BCUT2D eigenvalue weighted by molar-refractivity contribution is 0.0689. The normalized spacial score (nSPS) is 10.4. The maximum absolute atomic E-state index is 10.9. The first-order valence-electron chi connectivity index (χ1n) is 5.96. The Morgan fingerprint density at radius 3 is 2.75 bits per heavy atom. The third-order valence-corrected chi connectivity index (χ3v) is 2.76. The molecule has 5 nitrogen and oxygen atoms in total. The zero-order chi connectivity index (χ0) is 13.9. The number of rotatable bonds is 3. The predicted molar refractivity (Wildman–Crippen MR) is 73.0 cm³/mol. The molecule has 2 heterocycles. The van der Waals surface area contributed by atoms with Gasteiger partial charge in [0.1, 0.15) is 5.75 Å². The SMILES string of the molecule is O=C(O)c1cccc(Oc2cccc3ncccc23)n1. The van der Waals surface area contributed by atoms with Crippen molar-refractivity contribution in [2.75, 3.05) is 0 Å². The van der Waals surface area contributed by atoms with E-state index < -0.39 is 5.97 Å². The molecule has 98 valence electrons. The smallest absolute Gasteiger partial charge is 0.354 e. The van der Waals surface area contributed by atoms with Crippen LogP contribution in [0.1, 0.15) is 10.5 Å². The number of pyridine rings is 2. The van der Waals surface area contributed by atoms with Crippen LogP contribution in [0.3, 0.4) is 0 Å². The van der Waals surface area contributed by atoms with Crippen LogP contribution in [0.15, 0.2) is 54.7 Å². The zero-order valence-corrected chi connectivity index (χ0v) is 10.4. The summed E-state index contributed by atoms with van der Waals surface area (Å²) < 4.78 is 5.67. The van der Waals surface area contributed by atoms with Crippen molar-refractivity contribution in [2.45, 2.75) is 0 Å². The van der Waals surface area contributed by atoms with Crippen molar-refractivity contribution in [1.29, 1.82) is 0 Å². The van der Waals surface area contributed by atoms with Gasteiger partial charge in [-0.25, -0.2) is 9.78 Å². The molecule has 0 aliphatic heterocycles. The van der Waals surface area contributed by atoms with Gasteiger partial charge in [0.25, 0.3) is 0 Å². The van der Waals surface area contributed by atoms with Crippen molar-refractivity contribution >= 4 is 16.9 Å². The van der Waals surface area contributed by atoms with Gasteiger partial charge in [-0.2, -0.15) is 0 Å². The van der Waals surface area contributed by atoms with E-state index in [1.54, 1.807) is 24.4 Å². The molecule has 0 saturated heterocycles. The van der Waals surface area contributed by atoms with Crippen LogP contribution >= 0.6 is 0 Å². The molecule has 0 spiro atoms. The summed E-state index contributed by atoms with van der Waals surface area (Å²) in [5.41, 5.74) is 0.750. The Hall–Kier alpha value is -2.95. The Balaban J connectivity index is 2.01. The Morgan fingerprint density at radius 2 is 1.90 bits per heavy atom. The third-order valence-electron chi connectivity index (χ3n) is 2.76. The molecule has 3 rings (SSSR count). The molecule has 1 N–H and O–H groups in total. The summed E-state index contributed by atoms with van der Waals surface area (Å²) in [5, 5.41) is 9.76. The number of nitrogens with zero attached hydrogens (tertiary/aromatic N) is 2. The van der Waals surface area contributed by atoms with Gasteiger partial charge in [0.05, 0.1) is 5.52 Å². The Kier molecular flexibility index (Phi) is 3.01. The van der Waals surface area contributed by atoms with Crippen molar-refractivity contribution in [1.82, 2.24) is 9.97 Å². The van der Waals surface area contributed by atoms with E-state index in [1.807, 2.05) is 24.3 Å². The van der Waals surface area contributed by atoms with Crippen LogP contribution < -0.4 is 4.74 Å². The molecule has 2 aromatic heterocycles. The fraction of sp³-hybridized carbons (Fsp3) is 0. The number of ether oxygens (including phenoxy) is 1. The number of hydrogen-bond donors (Lipinski definition) is 1. The summed E-state index contributed by atoms with van der Waals surface area (Å²) in [6.07, 6.45) is 1.70. The monoisotopic (exact) mass is 266 g/mol. The van der Waals surface area contributed by atoms with Crippen molar-refractivity contribution < 1.29 is 14.6 Å². The lowest BCUT2D eigenvalue weighted by Gasteiger charge is -2.07. The highest BCUT2D eigenvalue weighted by atomic mass is 16.5. The fourth-order valence-electron chi connectivity index (χ4n) is 1.87. The molecule has 0 amide bonds. The topological polar surface area (TPSA) is 72.3 Å². The van der Waals surface area contributed by atoms with Gasteiger partial charge < -0.3 is 9.84 Å². The second-order valence-electron chi connectivity index (χ2n) is 4.09. The highest BCUT2D eigenvalue weighted by molar-refractivity contribution is 5.86. The number of carboxylic acid groups (broad SMARTS) is 1. The van der Waals surface area contributed by atoms with Crippen molar-refractivity contribution in [3.05, 3.63) is 60.4 Å². The molecular formula is C15H10N2O3. The molecule has 0 radical (unpaired) electrons. The summed E-state index contributed by atoms with van der Waals surface area (Å²) in [6, 6.07) is 13.8. The minimum absolute atomic E-state index is 0.0548. The molecule has 0 bridgehead atoms. The molecule has 0 aliphatic carbocycles. The van der Waals surface area contributed by atoms with Crippen molar-refractivity contribution in [3.8, 4) is 11.6 Å². The molecule has 20 heavy (non-hydrogen) atoms. The first-order chi connectivity index (χ1) is 9.74. The molecule has 0 fully saturated rings. The van der Waals surface area contributed by atoms with E-state index in [-0.39, 0.29) is 11.6 Å². The molecule has 5 heteroatoms. The zero-order valence-electron chi connectivity index (χ0n) is 10.4. The molecule has 1 aromatic carbocycles. The van der Waals surface area contributed by atoms with Crippen molar-refractivity contribution in [3.63, 3.8) is 0 Å². The maximum Gasteiger partial charge on any atom is 0.354 e. The van der Waals surface area contributed by atoms with E-state index in [0.717, 1.165) is 10.9 Å². The first kappa shape index (κ1) is 12.1. The van der Waals surface area contributed by atoms with Gasteiger partial charge in [0.15, 0.2) is 5.69 Å². The number of hydrogen-bond acceptors (Lipinski definition) is 4. The van der Waals surface area contributed by atoms with Crippen molar-refractivity contribution in [2.24, 2.45) is 0 Å². The van der Waals surface area contributed by atoms with Crippen LogP contribution in [0.2, 0.25) is 0 Å². The van der Waals surface area contributed by atoms with Gasteiger partial charge in [-0.05, 0) is 30.3 Å². The highest BCUT2D eigenvalue weighted by Gasteiger charge is 2.08. The molecule has 0 atom stereocenters. The van der Waals surface area contributed by atoms with E-state index >= 15 is 0 Å². The standard InChI is InChI=1S/C15H10N2O3/c18-15(19)12-6-2-8-14(17-12)20-13-7-1-5-11-10(13)4-3-9-16-11/h1-9H,(H,18,19). The van der Waals surface area contributed by atoms with Crippen LogP contribution in [0.25, 0.3) is 10.9 Å². The Bertz CT molecular complexity index is 781. The summed E-state index contributed by atoms with van der Waals surface area (Å²) in [7, 11) is 0. The quantitative estimate of drug-likeness (QED) is 0.788. The van der Waals surface area contributed by atoms with E-state index in [0.29, 0.717) is 5.75 Å². The van der Waals surface area contributed by atoms with Gasteiger partial charge in [-0.3, -0.25) is 4.98 Å². The van der Waals surface area contributed by atoms with Gasteiger partial charge in [-0.15, -0.1) is 0 Å². The van der Waals surface area contributed by atoms with E-state index in [9.17, 15) is 4.79 Å². The lowest BCUT2D eigenvalue weighted by atomic mass is 10.2. The largest absolute Gasteiger partial charge is 0.477 e. The molecule has 0 saturated carbocycles. The second kappa shape index (κ2) is 4.97. The minimum Gasteiger partial charge on any atom is -0.477 e. The average Bonchev–Trinajstić information content (AvgIpc) is 2.48. The maximum atomic E-state index is 10.9. The average molecular weight is 266 g/mol. The molecule has 0 unspecified atom stereocenters. The summed E-state index contributed by atoms with van der Waals surface area (Å²) in [5.74, 6) is -0.262. The number of carbonyl (C=O) groups is 1. The van der Waals surface area contributed by atoms with Crippen LogP contribution in [-0.2, 0) is 0 Å². The van der Waals surface area contributed by atoms with E-state index in [1.165, 1.54) is 6.07 Å². The van der Waals surface area contributed by atoms with E-state index in [4.69, 9.17) is 9.84 Å². The van der Waals surface area contributed by atoms with Crippen LogP contribution in [-0.4, -0.2) is 21.0 Å². The summed E-state index contributed by atoms with van der Waals surface area (Å²) >= 11 is 0. The van der Waals surface area contributed by atoms with Crippen LogP contribution in [0.5, 0.6) is 11.6 Å². The Labute approximate surface area is 114 Å². The third kappa shape index (κ3) is 2.29. The van der Waals surface area contributed by atoms with Gasteiger partial charge in [0, 0.05) is 17.6 Å². The summed E-state index contributed by atoms with van der Waals surface area (Å²) in [6.45, 7) is 0. The molecule has 3 aromatic rings. The molecule has 0 aliphatic rings. The highest BCUT2D eigenvalue weighted by Crippen LogP contribution is 2.27. The molecular weight excluding hydrogens is 256 g/mol. The fourth-order valence-corrected chi connectivity index (χ4v) is 1.87. The van der Waals surface area contributed by atoms with E-state index in [2.05, 4.69) is 9.97 Å². The first-order valence-corrected chi connectivity index (χ1v) is 5.96. The Morgan fingerprint density at radius 1 is 1.05 bits per heavy atom. The van der Waals surface area contributed by atoms with Gasteiger partial charge in [-0.1, -0.05) is 12.1 Å². The number of benzene rings is 1. The van der Waals surface area contributed by atoms with Crippen LogP contribution in [0.4, 0.5) is 0 Å². The van der Waals surface area contributed by atoms with Crippen LogP contribution in [0, 0.1) is 0 Å². The number of aromatic carboxylic acids is 1. The predicted octanol–water partition coefficient (Wildman–Crippen LogP) is 3.12. The van der Waals surface area contributed by atoms with Gasteiger partial charge in [0.2, 0.25) is 5.88 Å². The lowest BCUT2D eigenvalue weighted by Crippen LogP contribution is -2.00. The second-order valence-corrected chi connectivity index (χ2v) is 4.09. The summed E-state index contributed by atoms with van der Waals surface area (Å²) in [4.78, 5) is 19.1. The number of aromatic nitrogens is 2. The number of fused-ring (bicyclic) bond motifs is 1. The van der Waals surface area contributed by atoms with Gasteiger partial charge >= 0.3 is 5.97 Å². The number of carboxylic acids is 1. The minimum atomic E-state index is -1.09.